The molecule has 3 N–H and O–H groups in total. The highest BCUT2D eigenvalue weighted by atomic mass is 32.2. The molecule has 2 aromatic rings. The Labute approximate surface area is 109 Å². The van der Waals surface area contributed by atoms with Crippen LogP contribution in [0.5, 0.6) is 0 Å². The van der Waals surface area contributed by atoms with Crippen molar-refractivity contribution in [1.82, 2.24) is 4.98 Å². The highest BCUT2D eigenvalue weighted by Gasteiger charge is 2.05. The Morgan fingerprint density at radius 3 is 2.71 bits per heavy atom. The van der Waals surface area contributed by atoms with Gasteiger partial charge in [-0.15, -0.1) is 11.3 Å². The maximum absolute atomic E-state index is 7.43. The van der Waals surface area contributed by atoms with Gasteiger partial charge >= 0.3 is 0 Å². The number of thiazole rings is 1. The van der Waals surface area contributed by atoms with Gasteiger partial charge < -0.3 is 5.73 Å². The first-order valence-corrected chi connectivity index (χ1v) is 6.81. The summed E-state index contributed by atoms with van der Waals surface area (Å²) in [6, 6.07) is 5.91. The van der Waals surface area contributed by atoms with Gasteiger partial charge in [-0.3, -0.25) is 5.41 Å². The van der Waals surface area contributed by atoms with Gasteiger partial charge in [-0.2, -0.15) is 0 Å². The Hall–Kier alpha value is -1.33. The molecule has 5 heteroatoms. The van der Waals surface area contributed by atoms with Crippen LogP contribution in [0.25, 0.3) is 0 Å². The number of hydrogen-bond donors (Lipinski definition) is 2. The summed E-state index contributed by atoms with van der Waals surface area (Å²) in [6.45, 7) is 3.96. The summed E-state index contributed by atoms with van der Waals surface area (Å²) in [4.78, 5) is 5.53. The number of rotatable bonds is 3. The number of aryl methyl sites for hydroxylation is 2. The first kappa shape index (κ1) is 12.1. The Kier molecular flexibility index (Phi) is 3.49. The first-order chi connectivity index (χ1) is 8.06. The second-order valence-electron chi connectivity index (χ2n) is 3.75. The molecule has 0 bridgehead atoms. The van der Waals surface area contributed by atoms with Crippen LogP contribution in [0.15, 0.2) is 32.8 Å². The van der Waals surface area contributed by atoms with Crippen LogP contribution in [-0.2, 0) is 0 Å². The zero-order valence-corrected chi connectivity index (χ0v) is 11.3. The van der Waals surface area contributed by atoms with Gasteiger partial charge in [0.15, 0.2) is 4.34 Å². The van der Waals surface area contributed by atoms with Gasteiger partial charge in [0.25, 0.3) is 0 Å². The fourth-order valence-corrected chi connectivity index (χ4v) is 3.39. The highest BCUT2D eigenvalue weighted by Crippen LogP contribution is 2.31. The smallest absolute Gasteiger partial charge is 0.154 e. The molecule has 1 heterocycles. The summed E-state index contributed by atoms with van der Waals surface area (Å²) in [5.74, 6) is 0.115. The van der Waals surface area contributed by atoms with Crippen LogP contribution in [0.4, 0.5) is 0 Å². The number of benzene rings is 1. The minimum atomic E-state index is 0.115. The van der Waals surface area contributed by atoms with Gasteiger partial charge in [-0.25, -0.2) is 4.98 Å². The summed E-state index contributed by atoms with van der Waals surface area (Å²) >= 11 is 3.28. The molecule has 0 amide bonds. The lowest BCUT2D eigenvalue weighted by Crippen LogP contribution is -2.12. The molecule has 0 fully saturated rings. The van der Waals surface area contributed by atoms with Crippen molar-refractivity contribution >= 4 is 28.9 Å². The minimum absolute atomic E-state index is 0.115. The second kappa shape index (κ2) is 4.89. The zero-order valence-electron chi connectivity index (χ0n) is 9.65. The lowest BCUT2D eigenvalue weighted by molar-refractivity contribution is 1.16. The second-order valence-corrected chi connectivity index (χ2v) is 5.93. The molecule has 0 aliphatic heterocycles. The summed E-state index contributed by atoms with van der Waals surface area (Å²) in [6.07, 6.45) is 0. The molecule has 2 rings (SSSR count). The predicted molar refractivity (Wildman–Crippen MR) is 73.2 cm³/mol. The Balaban J connectivity index is 2.23. The monoisotopic (exact) mass is 263 g/mol. The van der Waals surface area contributed by atoms with E-state index in [2.05, 4.69) is 4.98 Å². The van der Waals surface area contributed by atoms with Crippen LogP contribution in [0.3, 0.4) is 0 Å². The normalized spacial score (nSPS) is 10.5. The molecule has 1 aromatic heterocycles. The fourth-order valence-electron chi connectivity index (χ4n) is 1.48. The largest absolute Gasteiger partial charge is 0.384 e. The fraction of sp³-hybridized carbons (Fsp3) is 0.167. The van der Waals surface area contributed by atoms with Gasteiger partial charge in [0.2, 0.25) is 0 Å². The standard InChI is InChI=1S/C12H13N3S2/c1-7-5-9(3-4-10(7)11(13)14)17-12-15-8(2)6-16-12/h3-6H,1-2H3,(H3,13,14). The Morgan fingerprint density at radius 1 is 1.41 bits per heavy atom. The Morgan fingerprint density at radius 2 is 2.18 bits per heavy atom. The molecule has 0 saturated carbocycles. The van der Waals surface area contributed by atoms with Crippen LogP contribution >= 0.6 is 23.1 Å². The molecule has 0 aliphatic rings. The van der Waals surface area contributed by atoms with Gasteiger partial charge in [0, 0.05) is 21.5 Å². The van der Waals surface area contributed by atoms with Gasteiger partial charge in [-0.1, -0.05) is 11.8 Å². The quantitative estimate of drug-likeness (QED) is 0.660. The number of hydrogen-bond acceptors (Lipinski definition) is 4. The third kappa shape index (κ3) is 2.87. The topological polar surface area (TPSA) is 62.8 Å². The van der Waals surface area contributed by atoms with E-state index < -0.39 is 0 Å². The van der Waals surface area contributed by atoms with Crippen LogP contribution in [0, 0.1) is 19.3 Å². The van der Waals surface area contributed by atoms with Crippen LogP contribution in [0.2, 0.25) is 0 Å². The summed E-state index contributed by atoms with van der Waals surface area (Å²) in [5.41, 5.74) is 8.36. The van der Waals surface area contributed by atoms with E-state index in [4.69, 9.17) is 11.1 Å². The van der Waals surface area contributed by atoms with Gasteiger partial charge in [0.1, 0.15) is 5.84 Å². The van der Waals surface area contributed by atoms with E-state index in [1.807, 2.05) is 37.4 Å². The number of nitrogens with one attached hydrogen (secondary N) is 1. The van der Waals surface area contributed by atoms with Crippen LogP contribution in [-0.4, -0.2) is 10.8 Å². The molecule has 0 saturated heterocycles. The maximum atomic E-state index is 7.43. The van der Waals surface area contributed by atoms with Crippen molar-refractivity contribution in [1.29, 1.82) is 5.41 Å². The van der Waals surface area contributed by atoms with Crippen molar-refractivity contribution in [3.05, 3.63) is 40.4 Å². The van der Waals surface area contributed by atoms with E-state index >= 15 is 0 Å². The maximum Gasteiger partial charge on any atom is 0.154 e. The summed E-state index contributed by atoms with van der Waals surface area (Å²) in [7, 11) is 0. The van der Waals surface area contributed by atoms with Crippen molar-refractivity contribution in [2.24, 2.45) is 5.73 Å². The van der Waals surface area contributed by atoms with Crippen molar-refractivity contribution in [2.45, 2.75) is 23.1 Å². The molecule has 17 heavy (non-hydrogen) atoms. The SMILES string of the molecule is Cc1csc(Sc2ccc(C(=N)N)c(C)c2)n1. The molecular formula is C12H13N3S2. The van der Waals surface area contributed by atoms with Gasteiger partial charge in [0.05, 0.1) is 0 Å². The molecule has 1 aromatic carbocycles. The van der Waals surface area contributed by atoms with E-state index in [1.54, 1.807) is 23.1 Å². The Bertz CT molecular complexity index is 561. The number of aromatic nitrogens is 1. The number of nitrogen functional groups attached to an aromatic ring is 1. The lowest BCUT2D eigenvalue weighted by Gasteiger charge is -2.05. The van der Waals surface area contributed by atoms with E-state index in [1.165, 1.54) is 0 Å². The number of amidine groups is 1. The third-order valence-electron chi connectivity index (χ3n) is 2.29. The van der Waals surface area contributed by atoms with Crippen molar-refractivity contribution < 1.29 is 0 Å². The number of nitrogens with two attached hydrogens (primary N) is 1. The highest BCUT2D eigenvalue weighted by molar-refractivity contribution is 8.01. The van der Waals surface area contributed by atoms with Crippen LogP contribution in [0.1, 0.15) is 16.8 Å². The van der Waals surface area contributed by atoms with E-state index in [9.17, 15) is 0 Å². The van der Waals surface area contributed by atoms with E-state index in [-0.39, 0.29) is 5.84 Å². The molecule has 3 nitrogen and oxygen atoms in total. The molecule has 0 unspecified atom stereocenters. The van der Waals surface area contributed by atoms with Crippen LogP contribution < -0.4 is 5.73 Å². The average molecular weight is 263 g/mol. The molecule has 0 atom stereocenters. The molecule has 88 valence electrons. The third-order valence-corrected chi connectivity index (χ3v) is 4.34. The summed E-state index contributed by atoms with van der Waals surface area (Å²) < 4.78 is 1.04. The molecular weight excluding hydrogens is 250 g/mol. The van der Waals surface area contributed by atoms with E-state index in [0.717, 1.165) is 26.1 Å². The minimum Gasteiger partial charge on any atom is -0.384 e. The number of nitrogens with zero attached hydrogens (tertiary/aromatic N) is 1. The zero-order chi connectivity index (χ0) is 12.4. The molecule has 0 spiro atoms. The molecule has 0 aliphatic carbocycles. The predicted octanol–water partition coefficient (Wildman–Crippen LogP) is 3.20. The van der Waals surface area contributed by atoms with E-state index in [0.29, 0.717) is 0 Å². The van der Waals surface area contributed by atoms with Crippen molar-refractivity contribution in [3.8, 4) is 0 Å². The molecule has 0 radical (unpaired) electrons. The summed E-state index contributed by atoms with van der Waals surface area (Å²) in [5, 5.41) is 9.47. The van der Waals surface area contributed by atoms with Crippen molar-refractivity contribution in [3.63, 3.8) is 0 Å². The lowest BCUT2D eigenvalue weighted by atomic mass is 10.1. The van der Waals surface area contributed by atoms with Crippen molar-refractivity contribution in [2.75, 3.05) is 0 Å². The van der Waals surface area contributed by atoms with Gasteiger partial charge in [-0.05, 0) is 37.6 Å². The first-order valence-electron chi connectivity index (χ1n) is 5.11. The average Bonchev–Trinajstić information content (AvgIpc) is 2.63.